The summed E-state index contributed by atoms with van der Waals surface area (Å²) in [6, 6.07) is 32.7. The van der Waals surface area contributed by atoms with Crippen LogP contribution in [0.4, 0.5) is 17.1 Å². The lowest BCUT2D eigenvalue weighted by Crippen LogP contribution is -2.15. The second-order valence-electron chi connectivity index (χ2n) is 7.08. The number of hydrogen-bond donors (Lipinski definition) is 0. The molecular weight excluding hydrogens is 356 g/mol. The van der Waals surface area contributed by atoms with Crippen molar-refractivity contribution in [2.75, 3.05) is 4.90 Å². The minimum Gasteiger partial charge on any atom is -0.453 e. The molecule has 29 heavy (non-hydrogen) atoms. The summed E-state index contributed by atoms with van der Waals surface area (Å²) >= 11 is 0. The van der Waals surface area contributed by atoms with Gasteiger partial charge in [0, 0.05) is 5.69 Å². The highest BCUT2D eigenvalue weighted by Gasteiger charge is 2.25. The molecule has 1 heterocycles. The average molecular weight is 374 g/mol. The molecular formula is C26H18N2O. The maximum Gasteiger partial charge on any atom is 0.151 e. The van der Waals surface area contributed by atoms with Crippen LogP contribution in [0.25, 0.3) is 11.1 Å². The summed E-state index contributed by atoms with van der Waals surface area (Å²) in [6.45, 7) is 2.00. The molecule has 4 aromatic carbocycles. The van der Waals surface area contributed by atoms with Crippen LogP contribution < -0.4 is 9.64 Å². The van der Waals surface area contributed by atoms with Gasteiger partial charge in [-0.25, -0.2) is 0 Å². The largest absolute Gasteiger partial charge is 0.453 e. The maximum absolute atomic E-state index is 9.51. The van der Waals surface area contributed by atoms with E-state index in [1.165, 1.54) is 0 Å². The van der Waals surface area contributed by atoms with Gasteiger partial charge in [-0.2, -0.15) is 5.26 Å². The third kappa shape index (κ3) is 2.92. The Labute approximate surface area is 170 Å². The van der Waals surface area contributed by atoms with Gasteiger partial charge in [0.25, 0.3) is 0 Å². The molecule has 0 N–H and O–H groups in total. The first-order valence-corrected chi connectivity index (χ1v) is 9.52. The number of hydrogen-bond acceptors (Lipinski definition) is 3. The molecule has 0 aliphatic carbocycles. The lowest BCUT2D eigenvalue weighted by Gasteiger charge is -2.32. The van der Waals surface area contributed by atoms with Crippen molar-refractivity contribution >= 4 is 17.1 Å². The summed E-state index contributed by atoms with van der Waals surface area (Å²) in [5.74, 6) is 1.67. The molecule has 5 rings (SSSR count). The predicted molar refractivity (Wildman–Crippen MR) is 116 cm³/mol. The van der Waals surface area contributed by atoms with Crippen molar-refractivity contribution in [3.8, 4) is 28.7 Å². The van der Waals surface area contributed by atoms with E-state index in [1.54, 1.807) is 0 Å². The Balaban J connectivity index is 1.61. The number of rotatable bonds is 2. The van der Waals surface area contributed by atoms with Crippen LogP contribution in [0.5, 0.6) is 11.5 Å². The highest BCUT2D eigenvalue weighted by molar-refractivity contribution is 5.86. The van der Waals surface area contributed by atoms with Gasteiger partial charge < -0.3 is 9.64 Å². The Morgan fingerprint density at radius 1 is 0.759 bits per heavy atom. The fourth-order valence-electron chi connectivity index (χ4n) is 3.78. The zero-order valence-corrected chi connectivity index (χ0v) is 16.0. The molecule has 4 aromatic rings. The third-order valence-corrected chi connectivity index (χ3v) is 5.16. The summed E-state index contributed by atoms with van der Waals surface area (Å²) in [5.41, 5.74) is 6.82. The fraction of sp³-hybridized carbons (Fsp3) is 0.0385. The Hall–Kier alpha value is -4.03. The number of nitriles is 1. The number of aryl methyl sites for hydroxylation is 1. The molecule has 0 saturated carbocycles. The normalized spacial score (nSPS) is 11.8. The van der Waals surface area contributed by atoms with E-state index in [4.69, 9.17) is 4.74 Å². The minimum absolute atomic E-state index is 0.694. The van der Waals surface area contributed by atoms with Crippen molar-refractivity contribution in [1.29, 1.82) is 5.26 Å². The van der Waals surface area contributed by atoms with E-state index in [9.17, 15) is 5.26 Å². The van der Waals surface area contributed by atoms with E-state index in [0.29, 0.717) is 5.56 Å². The summed E-state index contributed by atoms with van der Waals surface area (Å²) < 4.78 is 6.09. The van der Waals surface area contributed by atoms with Crippen LogP contribution in [-0.2, 0) is 0 Å². The highest BCUT2D eigenvalue weighted by Crippen LogP contribution is 2.50. The van der Waals surface area contributed by atoms with Crippen molar-refractivity contribution in [1.82, 2.24) is 0 Å². The zero-order valence-electron chi connectivity index (χ0n) is 16.0. The van der Waals surface area contributed by atoms with Gasteiger partial charge in [-0.15, -0.1) is 0 Å². The topological polar surface area (TPSA) is 36.3 Å². The van der Waals surface area contributed by atoms with E-state index in [0.717, 1.165) is 45.3 Å². The molecule has 3 nitrogen and oxygen atoms in total. The van der Waals surface area contributed by atoms with Crippen molar-refractivity contribution in [3.05, 3.63) is 102 Å². The number of benzene rings is 4. The predicted octanol–water partition coefficient (Wildman–Crippen LogP) is 7.11. The summed E-state index contributed by atoms with van der Waals surface area (Å²) in [7, 11) is 0. The number of fused-ring (bicyclic) bond motifs is 2. The Kier molecular flexibility index (Phi) is 4.04. The highest BCUT2D eigenvalue weighted by atomic mass is 16.5. The molecule has 0 atom stereocenters. The van der Waals surface area contributed by atoms with Gasteiger partial charge >= 0.3 is 0 Å². The first-order valence-electron chi connectivity index (χ1n) is 9.52. The minimum atomic E-state index is 0.694. The molecule has 138 valence electrons. The SMILES string of the molecule is Cc1ccc(-c2ccc(N3c4ccccc4Oc4ccccc43)cc2)c(C#N)c1. The zero-order chi connectivity index (χ0) is 19.8. The first-order chi connectivity index (χ1) is 14.2. The van der Waals surface area contributed by atoms with Crippen LogP contribution in [0.15, 0.2) is 91.0 Å². The van der Waals surface area contributed by atoms with Gasteiger partial charge in [-0.3, -0.25) is 0 Å². The van der Waals surface area contributed by atoms with Crippen LogP contribution in [0.2, 0.25) is 0 Å². The molecule has 0 aromatic heterocycles. The quantitative estimate of drug-likeness (QED) is 0.330. The number of para-hydroxylation sites is 4. The Morgan fingerprint density at radius 2 is 1.38 bits per heavy atom. The van der Waals surface area contributed by atoms with E-state index in [1.807, 2.05) is 61.5 Å². The van der Waals surface area contributed by atoms with Gasteiger partial charge in [0.05, 0.1) is 23.0 Å². The first kappa shape index (κ1) is 17.1. The molecule has 0 bridgehead atoms. The number of nitrogens with zero attached hydrogens (tertiary/aromatic N) is 2. The Morgan fingerprint density at radius 3 is 2.00 bits per heavy atom. The standard InChI is InChI=1S/C26H18N2O/c1-18-10-15-22(20(16-18)17-27)19-11-13-21(14-12-19)28-23-6-2-4-8-25(23)29-26-9-5-3-7-24(26)28/h2-16H,1H3. The van der Waals surface area contributed by atoms with Gasteiger partial charge in [0.15, 0.2) is 11.5 Å². The van der Waals surface area contributed by atoms with Gasteiger partial charge in [0.2, 0.25) is 0 Å². The number of ether oxygens (including phenoxy) is 1. The van der Waals surface area contributed by atoms with Crippen molar-refractivity contribution < 1.29 is 4.74 Å². The average Bonchev–Trinajstić information content (AvgIpc) is 2.77. The van der Waals surface area contributed by atoms with E-state index in [2.05, 4.69) is 47.4 Å². The second-order valence-corrected chi connectivity index (χ2v) is 7.08. The smallest absolute Gasteiger partial charge is 0.151 e. The van der Waals surface area contributed by atoms with E-state index >= 15 is 0 Å². The van der Waals surface area contributed by atoms with Crippen molar-refractivity contribution in [3.63, 3.8) is 0 Å². The molecule has 0 amide bonds. The van der Waals surface area contributed by atoms with Crippen LogP contribution in [-0.4, -0.2) is 0 Å². The van der Waals surface area contributed by atoms with Gasteiger partial charge in [-0.05, 0) is 66.1 Å². The maximum atomic E-state index is 9.51. The lowest BCUT2D eigenvalue weighted by molar-refractivity contribution is 0.477. The lowest BCUT2D eigenvalue weighted by atomic mass is 9.98. The summed E-state index contributed by atoms with van der Waals surface area (Å²) in [4.78, 5) is 2.21. The molecule has 0 fully saturated rings. The van der Waals surface area contributed by atoms with Crippen LogP contribution in [0.1, 0.15) is 11.1 Å². The van der Waals surface area contributed by atoms with E-state index in [-0.39, 0.29) is 0 Å². The molecule has 1 aliphatic rings. The fourth-order valence-corrected chi connectivity index (χ4v) is 3.78. The van der Waals surface area contributed by atoms with Crippen LogP contribution >= 0.6 is 0 Å². The van der Waals surface area contributed by atoms with Crippen LogP contribution in [0.3, 0.4) is 0 Å². The second kappa shape index (κ2) is 6.85. The third-order valence-electron chi connectivity index (χ3n) is 5.16. The molecule has 3 heteroatoms. The molecule has 1 aliphatic heterocycles. The monoisotopic (exact) mass is 374 g/mol. The summed E-state index contributed by atoms with van der Waals surface area (Å²) in [5, 5.41) is 9.51. The summed E-state index contributed by atoms with van der Waals surface area (Å²) in [6.07, 6.45) is 0. The molecule has 0 saturated heterocycles. The van der Waals surface area contributed by atoms with E-state index < -0.39 is 0 Å². The van der Waals surface area contributed by atoms with Gasteiger partial charge in [-0.1, -0.05) is 48.5 Å². The van der Waals surface area contributed by atoms with Crippen molar-refractivity contribution in [2.24, 2.45) is 0 Å². The number of anilines is 3. The molecule has 0 spiro atoms. The van der Waals surface area contributed by atoms with Gasteiger partial charge in [0.1, 0.15) is 0 Å². The molecule has 0 unspecified atom stereocenters. The van der Waals surface area contributed by atoms with Crippen molar-refractivity contribution in [2.45, 2.75) is 6.92 Å². The van der Waals surface area contributed by atoms with Crippen LogP contribution in [0, 0.1) is 18.3 Å². The molecule has 0 radical (unpaired) electrons. The Bertz CT molecular complexity index is 1210.